The molecule has 0 radical (unpaired) electrons. The molecule has 0 bridgehead atoms. The van der Waals surface area contributed by atoms with Gasteiger partial charge in [0.2, 0.25) is 10.0 Å². The lowest BCUT2D eigenvalue weighted by atomic mass is 10.3. The van der Waals surface area contributed by atoms with Gasteiger partial charge in [-0.25, -0.2) is 13.1 Å². The largest absolute Gasteiger partial charge is 0.399 e. The molecule has 0 amide bonds. The zero-order valence-corrected chi connectivity index (χ0v) is 11.5. The number of aromatic nitrogens is 1. The average Bonchev–Trinajstić information content (AvgIpc) is 2.78. The van der Waals surface area contributed by atoms with Gasteiger partial charge in [-0.15, -0.1) is 0 Å². The number of anilines is 1. The highest BCUT2D eigenvalue weighted by molar-refractivity contribution is 9.10. The van der Waals surface area contributed by atoms with Crippen LogP contribution in [0, 0.1) is 0 Å². The number of sulfonamides is 1. The Kier molecular flexibility index (Phi) is 3.69. The third-order valence-corrected chi connectivity index (χ3v) is 4.55. The molecule has 0 aliphatic rings. The SMILES string of the molecule is Nc1ccc(S(=O)(=O)NCc2ccno2)c(Br)c1. The van der Waals surface area contributed by atoms with Gasteiger partial charge in [0.05, 0.1) is 17.6 Å². The van der Waals surface area contributed by atoms with Crippen LogP contribution in [-0.4, -0.2) is 13.6 Å². The minimum Gasteiger partial charge on any atom is -0.399 e. The maximum atomic E-state index is 12.0. The normalized spacial score (nSPS) is 11.6. The van der Waals surface area contributed by atoms with Crippen molar-refractivity contribution >= 4 is 31.6 Å². The van der Waals surface area contributed by atoms with Crippen LogP contribution in [0.4, 0.5) is 5.69 Å². The standard InChI is InChI=1S/C10H10BrN3O3S/c11-9-5-7(12)1-2-10(9)18(15,16)14-6-8-3-4-13-17-8/h1-5,14H,6,12H2. The lowest BCUT2D eigenvalue weighted by molar-refractivity contribution is 0.380. The number of nitrogens with zero attached hydrogens (tertiary/aromatic N) is 1. The van der Waals surface area contributed by atoms with Crippen molar-refractivity contribution in [3.63, 3.8) is 0 Å². The Morgan fingerprint density at radius 3 is 2.78 bits per heavy atom. The van der Waals surface area contributed by atoms with Gasteiger partial charge >= 0.3 is 0 Å². The highest BCUT2D eigenvalue weighted by atomic mass is 79.9. The fourth-order valence-electron chi connectivity index (χ4n) is 1.31. The molecule has 1 aromatic heterocycles. The van der Waals surface area contributed by atoms with Gasteiger partial charge in [0.15, 0.2) is 5.76 Å². The van der Waals surface area contributed by atoms with E-state index >= 15 is 0 Å². The van der Waals surface area contributed by atoms with E-state index in [1.54, 1.807) is 6.07 Å². The van der Waals surface area contributed by atoms with Gasteiger partial charge in [-0.1, -0.05) is 5.16 Å². The first-order valence-corrected chi connectivity index (χ1v) is 7.21. The first-order chi connectivity index (χ1) is 8.49. The summed E-state index contributed by atoms with van der Waals surface area (Å²) in [5.74, 6) is 0.435. The van der Waals surface area contributed by atoms with Crippen LogP contribution in [-0.2, 0) is 16.6 Å². The third kappa shape index (κ3) is 2.89. The highest BCUT2D eigenvalue weighted by Crippen LogP contribution is 2.24. The van der Waals surface area contributed by atoms with Crippen LogP contribution in [0.1, 0.15) is 5.76 Å². The number of hydrogen-bond acceptors (Lipinski definition) is 5. The van der Waals surface area contributed by atoms with Gasteiger partial charge in [0.1, 0.15) is 0 Å². The maximum Gasteiger partial charge on any atom is 0.242 e. The fourth-order valence-corrected chi connectivity index (χ4v) is 3.40. The molecule has 0 spiro atoms. The number of nitrogen functional groups attached to an aromatic ring is 1. The topological polar surface area (TPSA) is 98.2 Å². The molecule has 0 saturated carbocycles. The van der Waals surface area contributed by atoms with E-state index in [9.17, 15) is 8.42 Å². The molecule has 0 saturated heterocycles. The van der Waals surface area contributed by atoms with Crippen LogP contribution in [0.2, 0.25) is 0 Å². The molecule has 1 aromatic carbocycles. The summed E-state index contributed by atoms with van der Waals surface area (Å²) in [5, 5.41) is 3.49. The number of nitrogens with one attached hydrogen (secondary N) is 1. The Balaban J connectivity index is 2.20. The first kappa shape index (κ1) is 13.1. The summed E-state index contributed by atoms with van der Waals surface area (Å²) in [4.78, 5) is 0.121. The number of hydrogen-bond donors (Lipinski definition) is 2. The van der Waals surface area contributed by atoms with Gasteiger partial charge < -0.3 is 10.3 Å². The molecule has 0 aliphatic heterocycles. The van der Waals surface area contributed by atoms with Crippen LogP contribution in [0.3, 0.4) is 0 Å². The molecule has 96 valence electrons. The Morgan fingerprint density at radius 2 is 2.17 bits per heavy atom. The number of rotatable bonds is 4. The molecule has 6 nitrogen and oxygen atoms in total. The van der Waals surface area contributed by atoms with Crippen LogP contribution >= 0.6 is 15.9 Å². The van der Waals surface area contributed by atoms with Crippen LogP contribution < -0.4 is 10.5 Å². The van der Waals surface area contributed by atoms with E-state index in [1.807, 2.05) is 0 Å². The van der Waals surface area contributed by atoms with E-state index in [2.05, 4.69) is 25.8 Å². The monoisotopic (exact) mass is 331 g/mol. The molecule has 0 fully saturated rings. The summed E-state index contributed by atoms with van der Waals surface area (Å²) in [6.45, 7) is 0.0408. The molecule has 2 rings (SSSR count). The van der Waals surface area contributed by atoms with Crippen molar-refractivity contribution in [3.8, 4) is 0 Å². The minimum atomic E-state index is -3.62. The van der Waals surface area contributed by atoms with Crippen molar-refractivity contribution in [2.24, 2.45) is 0 Å². The van der Waals surface area contributed by atoms with Gasteiger partial charge in [0, 0.05) is 16.2 Å². The lowest BCUT2D eigenvalue weighted by Gasteiger charge is -2.07. The fraction of sp³-hybridized carbons (Fsp3) is 0.100. The van der Waals surface area contributed by atoms with Crippen molar-refractivity contribution in [3.05, 3.63) is 40.7 Å². The predicted molar refractivity (Wildman–Crippen MR) is 69.1 cm³/mol. The predicted octanol–water partition coefficient (Wildman–Crippen LogP) is 1.50. The lowest BCUT2D eigenvalue weighted by Crippen LogP contribution is -2.23. The van der Waals surface area contributed by atoms with Crippen LogP contribution in [0.15, 0.2) is 44.4 Å². The highest BCUT2D eigenvalue weighted by Gasteiger charge is 2.17. The maximum absolute atomic E-state index is 12.0. The Hall–Kier alpha value is -1.38. The van der Waals surface area contributed by atoms with Crippen molar-refractivity contribution in [2.45, 2.75) is 11.4 Å². The Morgan fingerprint density at radius 1 is 1.39 bits per heavy atom. The molecule has 3 N–H and O–H groups in total. The van der Waals surface area contributed by atoms with Gasteiger partial charge in [-0.05, 0) is 34.1 Å². The second-order valence-electron chi connectivity index (χ2n) is 3.49. The Labute approximate surface area is 112 Å². The molecule has 0 aliphatic carbocycles. The van der Waals surface area contributed by atoms with E-state index in [0.717, 1.165) is 0 Å². The molecule has 1 heterocycles. The molecule has 0 atom stereocenters. The van der Waals surface area contributed by atoms with Crippen molar-refractivity contribution in [2.75, 3.05) is 5.73 Å². The van der Waals surface area contributed by atoms with E-state index in [0.29, 0.717) is 15.9 Å². The summed E-state index contributed by atoms with van der Waals surface area (Å²) >= 11 is 3.17. The summed E-state index contributed by atoms with van der Waals surface area (Å²) in [6.07, 6.45) is 1.45. The van der Waals surface area contributed by atoms with Crippen molar-refractivity contribution < 1.29 is 12.9 Å². The number of nitrogens with two attached hydrogens (primary N) is 1. The average molecular weight is 332 g/mol. The molecular weight excluding hydrogens is 322 g/mol. The smallest absolute Gasteiger partial charge is 0.242 e. The summed E-state index contributed by atoms with van der Waals surface area (Å²) < 4.78 is 31.7. The van der Waals surface area contributed by atoms with Gasteiger partial charge in [-0.3, -0.25) is 0 Å². The van der Waals surface area contributed by atoms with Crippen LogP contribution in [0.5, 0.6) is 0 Å². The van der Waals surface area contributed by atoms with Crippen LogP contribution in [0.25, 0.3) is 0 Å². The van der Waals surface area contributed by atoms with E-state index < -0.39 is 10.0 Å². The molecule has 8 heteroatoms. The first-order valence-electron chi connectivity index (χ1n) is 4.93. The van der Waals surface area contributed by atoms with E-state index in [4.69, 9.17) is 10.3 Å². The number of halogens is 1. The second kappa shape index (κ2) is 5.09. The van der Waals surface area contributed by atoms with Gasteiger partial charge in [0.25, 0.3) is 0 Å². The molecule has 0 unspecified atom stereocenters. The molecule has 18 heavy (non-hydrogen) atoms. The van der Waals surface area contributed by atoms with Crippen molar-refractivity contribution in [1.82, 2.24) is 9.88 Å². The quantitative estimate of drug-likeness (QED) is 0.827. The summed E-state index contributed by atoms with van der Waals surface area (Å²) in [6, 6.07) is 6.07. The van der Waals surface area contributed by atoms with Gasteiger partial charge in [-0.2, -0.15) is 0 Å². The molecular formula is C10H10BrN3O3S. The molecule has 2 aromatic rings. The summed E-state index contributed by atoms with van der Waals surface area (Å²) in [7, 11) is -3.62. The van der Waals surface area contributed by atoms with Crippen molar-refractivity contribution in [1.29, 1.82) is 0 Å². The third-order valence-electron chi connectivity index (χ3n) is 2.17. The van der Waals surface area contributed by atoms with E-state index in [1.165, 1.54) is 24.4 Å². The number of benzene rings is 1. The second-order valence-corrected chi connectivity index (χ2v) is 6.08. The zero-order chi connectivity index (χ0) is 13.2. The zero-order valence-electron chi connectivity index (χ0n) is 9.13. The van der Waals surface area contributed by atoms with E-state index in [-0.39, 0.29) is 11.4 Å². The summed E-state index contributed by atoms with van der Waals surface area (Å²) in [5.41, 5.74) is 6.04. The Bertz CT molecular complexity index is 640. The minimum absolute atomic E-state index is 0.0408.